The van der Waals surface area contributed by atoms with E-state index in [0.717, 1.165) is 0 Å². The van der Waals surface area contributed by atoms with Gasteiger partial charge in [-0.05, 0) is 18.2 Å². The van der Waals surface area contributed by atoms with E-state index in [1.54, 1.807) is 0 Å². The predicted molar refractivity (Wildman–Crippen MR) is 50.9 cm³/mol. The molecule has 6 heteroatoms. The number of hydrogen-bond acceptors (Lipinski definition) is 2. The molecule has 1 rings (SSSR count). The molecule has 0 saturated heterocycles. The van der Waals surface area contributed by atoms with Gasteiger partial charge in [-0.25, -0.2) is 0 Å². The molecule has 2 nitrogen and oxygen atoms in total. The highest BCUT2D eigenvalue weighted by Crippen LogP contribution is 2.25. The first-order chi connectivity index (χ1) is 6.50. The van der Waals surface area contributed by atoms with Gasteiger partial charge in [0.2, 0.25) is 0 Å². The molecular weight excluding hydrogens is 257 g/mol. The smallest absolute Gasteiger partial charge is 0.387 e. The summed E-state index contributed by atoms with van der Waals surface area (Å²) in [6, 6.07) is 4.08. The quantitative estimate of drug-likeness (QED) is 0.780. The third kappa shape index (κ3) is 2.80. The van der Waals surface area contributed by atoms with E-state index in [2.05, 4.69) is 20.7 Å². The summed E-state index contributed by atoms with van der Waals surface area (Å²) in [4.78, 5) is 10.8. The maximum Gasteiger partial charge on any atom is 0.387 e. The van der Waals surface area contributed by atoms with Crippen molar-refractivity contribution in [3.05, 3.63) is 28.2 Å². The van der Waals surface area contributed by atoms with E-state index in [1.165, 1.54) is 18.2 Å². The summed E-state index contributed by atoms with van der Waals surface area (Å²) < 4.78 is 28.5. The van der Waals surface area contributed by atoms with Crippen molar-refractivity contribution in [2.75, 3.05) is 0 Å². The highest BCUT2D eigenvalue weighted by atomic mass is 79.9. The van der Waals surface area contributed by atoms with Crippen LogP contribution in [0.3, 0.4) is 0 Å². The highest BCUT2D eigenvalue weighted by molar-refractivity contribution is 9.10. The second-order valence-electron chi connectivity index (χ2n) is 2.38. The zero-order valence-electron chi connectivity index (χ0n) is 6.84. The largest absolute Gasteiger partial charge is 0.434 e. The number of ether oxygens (including phenoxy) is 1. The van der Waals surface area contributed by atoms with Gasteiger partial charge in [-0.3, -0.25) is 0 Å². The summed E-state index contributed by atoms with van der Waals surface area (Å²) in [6.07, 6.45) is 0. The summed E-state index contributed by atoms with van der Waals surface area (Å²) in [5.74, 6) is -0.234. The molecule has 0 bridgehead atoms. The average molecular weight is 261 g/mol. The summed E-state index contributed by atoms with van der Waals surface area (Å²) in [5.41, 5.74) is -0.887. The van der Waals surface area contributed by atoms with E-state index in [4.69, 9.17) is 7.85 Å². The Bertz CT molecular complexity index is 357. The van der Waals surface area contributed by atoms with Gasteiger partial charge in [0.05, 0.1) is 0 Å². The van der Waals surface area contributed by atoms with Crippen molar-refractivity contribution in [3.8, 4) is 5.75 Å². The minimum atomic E-state index is -2.98. The van der Waals surface area contributed by atoms with Crippen molar-refractivity contribution in [2.45, 2.75) is 6.61 Å². The van der Waals surface area contributed by atoms with Crippen molar-refractivity contribution in [2.24, 2.45) is 0 Å². The van der Waals surface area contributed by atoms with Gasteiger partial charge in [-0.2, -0.15) is 8.78 Å². The first-order valence-corrected chi connectivity index (χ1v) is 4.34. The van der Waals surface area contributed by atoms with Crippen molar-refractivity contribution < 1.29 is 18.3 Å². The normalized spacial score (nSPS) is 10.3. The van der Waals surface area contributed by atoms with Crippen LogP contribution in [0.25, 0.3) is 0 Å². The third-order valence-electron chi connectivity index (χ3n) is 1.43. The third-order valence-corrected chi connectivity index (χ3v) is 1.92. The number of benzene rings is 1. The van der Waals surface area contributed by atoms with Crippen LogP contribution >= 0.6 is 15.9 Å². The van der Waals surface area contributed by atoms with Crippen molar-refractivity contribution in [3.63, 3.8) is 0 Å². The number of alkyl halides is 2. The molecule has 1 aromatic rings. The fourth-order valence-electron chi connectivity index (χ4n) is 0.893. The van der Waals surface area contributed by atoms with Crippen LogP contribution < -0.4 is 4.74 Å². The highest BCUT2D eigenvalue weighted by Gasteiger charge is 2.12. The van der Waals surface area contributed by atoms with E-state index >= 15 is 0 Å². The molecule has 0 spiro atoms. The SMILES string of the molecule is [B]C(=O)c1ccc(Br)cc1OC(F)F. The molecule has 1 aromatic carbocycles. The van der Waals surface area contributed by atoms with Crippen molar-refractivity contribution in [1.82, 2.24) is 0 Å². The van der Waals surface area contributed by atoms with E-state index in [-0.39, 0.29) is 11.3 Å². The fraction of sp³-hybridized carbons (Fsp3) is 0.125. The molecule has 72 valence electrons. The van der Waals surface area contributed by atoms with Crippen LogP contribution in [0.15, 0.2) is 22.7 Å². The number of carbonyl (C=O) groups is 1. The van der Waals surface area contributed by atoms with Gasteiger partial charge >= 0.3 is 6.61 Å². The number of halogens is 3. The first-order valence-electron chi connectivity index (χ1n) is 3.55. The fourth-order valence-corrected chi connectivity index (χ4v) is 1.23. The Morgan fingerprint density at radius 1 is 1.50 bits per heavy atom. The number of carbonyl (C=O) groups excluding carboxylic acids is 1. The van der Waals surface area contributed by atoms with E-state index < -0.39 is 12.3 Å². The topological polar surface area (TPSA) is 26.3 Å². The maximum atomic E-state index is 11.9. The number of hydrogen-bond donors (Lipinski definition) is 0. The average Bonchev–Trinajstić information content (AvgIpc) is 2.01. The maximum absolute atomic E-state index is 11.9. The molecule has 14 heavy (non-hydrogen) atoms. The molecule has 0 heterocycles. The Labute approximate surface area is 88.8 Å². The van der Waals surface area contributed by atoms with Crippen LogP contribution in [0, 0.1) is 0 Å². The first kappa shape index (κ1) is 11.2. The van der Waals surface area contributed by atoms with Gasteiger partial charge in [0, 0.05) is 10.0 Å². The lowest BCUT2D eigenvalue weighted by Gasteiger charge is -2.08. The zero-order valence-corrected chi connectivity index (χ0v) is 8.42. The van der Waals surface area contributed by atoms with Gasteiger partial charge in [0.25, 0.3) is 0 Å². The van der Waals surface area contributed by atoms with E-state index in [9.17, 15) is 13.6 Å². The second kappa shape index (κ2) is 4.55. The second-order valence-corrected chi connectivity index (χ2v) is 3.30. The minimum absolute atomic E-state index is 0.0755. The minimum Gasteiger partial charge on any atom is -0.434 e. The molecule has 0 aliphatic heterocycles. The van der Waals surface area contributed by atoms with E-state index in [0.29, 0.717) is 4.47 Å². The Morgan fingerprint density at radius 3 is 2.64 bits per heavy atom. The molecule has 0 saturated carbocycles. The summed E-state index contributed by atoms with van der Waals surface area (Å²) >= 11 is 3.06. The van der Waals surface area contributed by atoms with Gasteiger partial charge in [-0.1, -0.05) is 15.9 Å². The Balaban J connectivity index is 3.09. The molecule has 0 aliphatic carbocycles. The van der Waals surface area contributed by atoms with Crippen LogP contribution in [-0.2, 0) is 0 Å². The summed E-state index contributed by atoms with van der Waals surface area (Å²) in [7, 11) is 4.96. The van der Waals surface area contributed by atoms with Gasteiger partial charge in [0.1, 0.15) is 11.4 Å². The van der Waals surface area contributed by atoms with Crippen molar-refractivity contribution in [1.29, 1.82) is 0 Å². The lowest BCUT2D eigenvalue weighted by atomic mass is 9.94. The van der Waals surface area contributed by atoms with Crippen LogP contribution in [-0.4, -0.2) is 20.1 Å². The molecule has 0 unspecified atom stereocenters. The predicted octanol–water partition coefficient (Wildman–Crippen LogP) is 2.36. The van der Waals surface area contributed by atoms with Gasteiger partial charge < -0.3 is 9.53 Å². The Kier molecular flexibility index (Phi) is 3.63. The molecule has 0 fully saturated rings. The van der Waals surface area contributed by atoms with E-state index in [1.807, 2.05) is 0 Å². The summed E-state index contributed by atoms with van der Waals surface area (Å²) in [6.45, 7) is -2.98. The molecule has 0 aliphatic rings. The molecular formula is C8H4BBrF2O2. The zero-order chi connectivity index (χ0) is 10.7. The van der Waals surface area contributed by atoms with Gasteiger partial charge in [0.15, 0.2) is 7.85 Å². The number of rotatable bonds is 3. The van der Waals surface area contributed by atoms with Crippen LogP contribution in [0.1, 0.15) is 10.4 Å². The molecule has 0 atom stereocenters. The molecule has 2 radical (unpaired) electrons. The lowest BCUT2D eigenvalue weighted by molar-refractivity contribution is -0.0501. The molecule has 0 aromatic heterocycles. The standard InChI is InChI=1S/C8H4BBrF2O2/c9-7(13)5-2-1-4(10)3-6(5)14-8(11)12/h1-3,8H. The monoisotopic (exact) mass is 260 g/mol. The van der Waals surface area contributed by atoms with Gasteiger partial charge in [-0.15, -0.1) is 0 Å². The lowest BCUT2D eigenvalue weighted by Crippen LogP contribution is -2.07. The van der Waals surface area contributed by atoms with Crippen LogP contribution in [0.5, 0.6) is 5.75 Å². The summed E-state index contributed by atoms with van der Waals surface area (Å²) in [5, 5.41) is 0. The van der Waals surface area contributed by atoms with Crippen LogP contribution in [0.2, 0.25) is 0 Å². The van der Waals surface area contributed by atoms with Crippen molar-refractivity contribution >= 4 is 29.5 Å². The Hall–Kier alpha value is -0.905. The molecule has 0 amide bonds. The molecule has 0 N–H and O–H groups in total. The Morgan fingerprint density at radius 2 is 2.14 bits per heavy atom. The van der Waals surface area contributed by atoms with Crippen LogP contribution in [0.4, 0.5) is 8.78 Å².